The summed E-state index contributed by atoms with van der Waals surface area (Å²) >= 11 is 0. The Labute approximate surface area is 287 Å². The Bertz CT molecular complexity index is 1020. The Morgan fingerprint density at radius 2 is 1.33 bits per heavy atom. The molecule has 0 bridgehead atoms. The van der Waals surface area contributed by atoms with E-state index in [9.17, 15) is 4.79 Å². The van der Waals surface area contributed by atoms with Crippen LogP contribution < -0.4 is 0 Å². The summed E-state index contributed by atoms with van der Waals surface area (Å²) in [6.07, 6.45) is 1.62. The first-order chi connectivity index (χ1) is 21.0. The van der Waals surface area contributed by atoms with Crippen molar-refractivity contribution in [1.82, 2.24) is 0 Å². The molecule has 0 N–H and O–H groups in total. The minimum Gasteiger partial charge on any atom is -0.461 e. The van der Waals surface area contributed by atoms with Gasteiger partial charge in [0.05, 0.1) is 23.7 Å². The van der Waals surface area contributed by atoms with E-state index in [4.69, 9.17) is 22.8 Å². The summed E-state index contributed by atoms with van der Waals surface area (Å²) in [5.41, 5.74) is 0.402. The van der Waals surface area contributed by atoms with Crippen molar-refractivity contribution in [3.8, 4) is 0 Å². The van der Waals surface area contributed by atoms with Gasteiger partial charge in [0.2, 0.25) is 0 Å². The lowest BCUT2D eigenvalue weighted by atomic mass is 9.87. The summed E-state index contributed by atoms with van der Waals surface area (Å²) in [4.78, 5) is 13.7. The molecule has 1 rings (SSSR count). The zero-order valence-corrected chi connectivity index (χ0v) is 35.7. The summed E-state index contributed by atoms with van der Waals surface area (Å²) in [6, 6.07) is 13.0. The van der Waals surface area contributed by atoms with E-state index in [1.54, 1.807) is 7.11 Å². The van der Waals surface area contributed by atoms with Gasteiger partial charge >= 0.3 is 5.97 Å². The highest BCUT2D eigenvalue weighted by atomic mass is 28.4. The van der Waals surface area contributed by atoms with Gasteiger partial charge in [-0.2, -0.15) is 0 Å². The minimum atomic E-state index is -2.26. The standard InChI is InChI=1S/C37H72O6Si3/c1-17-46(18-2,19-3)43-33(37(11,39-12)26-23-27-41-44(13,14)35(5,6)7)28-32(42-45(15,16)36(8,9)10)30(4)34(38)40-29-31-24-21-20-22-25-31/h20-22,24-25,30,32-33H,17-19,23,26-29H2,1-16H3/t30-,32+,33-,37-/m1/s1. The van der Waals surface area contributed by atoms with Crippen LogP contribution in [-0.4, -0.2) is 62.4 Å². The van der Waals surface area contributed by atoms with E-state index in [-0.39, 0.29) is 34.9 Å². The summed E-state index contributed by atoms with van der Waals surface area (Å²) in [6.45, 7) is 34.6. The zero-order valence-electron chi connectivity index (χ0n) is 32.7. The molecule has 268 valence electrons. The Morgan fingerprint density at radius 3 is 1.78 bits per heavy atom. The summed E-state index contributed by atoms with van der Waals surface area (Å²) in [5, 5.41) is 0.146. The Balaban J connectivity index is 3.47. The second-order valence-electron chi connectivity index (χ2n) is 16.6. The van der Waals surface area contributed by atoms with Crippen LogP contribution in [-0.2, 0) is 34.2 Å². The van der Waals surface area contributed by atoms with Crippen molar-refractivity contribution < 1.29 is 27.5 Å². The molecular weight excluding hydrogens is 625 g/mol. The van der Waals surface area contributed by atoms with Crippen molar-refractivity contribution in [2.75, 3.05) is 13.7 Å². The number of carbonyl (C=O) groups excluding carboxylic acids is 1. The van der Waals surface area contributed by atoms with Gasteiger partial charge in [0.25, 0.3) is 0 Å². The van der Waals surface area contributed by atoms with Gasteiger partial charge < -0.3 is 22.8 Å². The van der Waals surface area contributed by atoms with Crippen molar-refractivity contribution in [3.63, 3.8) is 0 Å². The number of esters is 1. The van der Waals surface area contributed by atoms with Crippen molar-refractivity contribution in [1.29, 1.82) is 0 Å². The number of rotatable bonds is 20. The van der Waals surface area contributed by atoms with Gasteiger partial charge in [0, 0.05) is 20.1 Å². The monoisotopic (exact) mass is 696 g/mol. The van der Waals surface area contributed by atoms with Crippen LogP contribution in [0.25, 0.3) is 0 Å². The van der Waals surface area contributed by atoms with Crippen molar-refractivity contribution in [2.24, 2.45) is 5.92 Å². The van der Waals surface area contributed by atoms with Gasteiger partial charge in [-0.05, 0) is 86.6 Å². The van der Waals surface area contributed by atoms with E-state index in [1.807, 2.05) is 37.3 Å². The molecular formula is C37H72O6Si3. The van der Waals surface area contributed by atoms with E-state index < -0.39 is 36.5 Å². The lowest BCUT2D eigenvalue weighted by molar-refractivity contribution is -0.155. The van der Waals surface area contributed by atoms with Gasteiger partial charge in [-0.3, -0.25) is 4.79 Å². The summed E-state index contributed by atoms with van der Waals surface area (Å²) in [7, 11) is -4.37. The highest BCUT2D eigenvalue weighted by molar-refractivity contribution is 6.74. The molecule has 0 amide bonds. The first-order valence-corrected chi connectivity index (χ1v) is 26.1. The SMILES string of the molecule is CC[Si](CC)(CC)O[C@H](C[C@H](O[Si](C)(C)C(C)(C)C)[C@@H](C)C(=O)OCc1ccccc1)[C@@](C)(CCCO[Si](C)(C)C(C)(C)C)OC. The molecule has 0 spiro atoms. The third-order valence-corrected chi connectivity index (χ3v) is 25.1. The molecule has 0 aromatic heterocycles. The number of methoxy groups -OCH3 is 1. The molecule has 0 aliphatic carbocycles. The van der Waals surface area contributed by atoms with Crippen LogP contribution in [0.4, 0.5) is 0 Å². The molecule has 0 saturated carbocycles. The van der Waals surface area contributed by atoms with Gasteiger partial charge in [0.15, 0.2) is 25.0 Å². The van der Waals surface area contributed by atoms with Crippen molar-refractivity contribution >= 4 is 30.9 Å². The van der Waals surface area contributed by atoms with Gasteiger partial charge in [0.1, 0.15) is 6.61 Å². The van der Waals surface area contributed by atoms with Gasteiger partial charge in [-0.1, -0.05) is 92.6 Å². The predicted octanol–water partition coefficient (Wildman–Crippen LogP) is 10.7. The molecule has 0 fully saturated rings. The van der Waals surface area contributed by atoms with Crippen LogP contribution in [0, 0.1) is 5.92 Å². The number of hydrogen-bond acceptors (Lipinski definition) is 6. The second-order valence-corrected chi connectivity index (χ2v) is 30.9. The molecule has 0 unspecified atom stereocenters. The fourth-order valence-electron chi connectivity index (χ4n) is 5.22. The number of ether oxygens (including phenoxy) is 2. The molecule has 1 aromatic rings. The maximum absolute atomic E-state index is 13.7. The average molecular weight is 697 g/mol. The van der Waals surface area contributed by atoms with Crippen LogP contribution in [0.3, 0.4) is 0 Å². The van der Waals surface area contributed by atoms with Crippen LogP contribution in [0.2, 0.25) is 54.4 Å². The topological polar surface area (TPSA) is 63.2 Å². The van der Waals surface area contributed by atoms with E-state index in [2.05, 4.69) is 95.4 Å². The van der Waals surface area contributed by atoms with E-state index >= 15 is 0 Å². The van der Waals surface area contributed by atoms with E-state index in [0.717, 1.165) is 36.5 Å². The smallest absolute Gasteiger partial charge is 0.311 e. The Kier molecular flexibility index (Phi) is 16.6. The van der Waals surface area contributed by atoms with Crippen LogP contribution >= 0.6 is 0 Å². The quantitative estimate of drug-likeness (QED) is 0.0768. The lowest BCUT2D eigenvalue weighted by Crippen LogP contribution is -2.54. The Morgan fingerprint density at radius 1 is 0.804 bits per heavy atom. The minimum absolute atomic E-state index is 0.0182. The van der Waals surface area contributed by atoms with E-state index in [0.29, 0.717) is 13.0 Å². The molecule has 9 heteroatoms. The van der Waals surface area contributed by atoms with Gasteiger partial charge in [-0.15, -0.1) is 0 Å². The number of hydrogen-bond donors (Lipinski definition) is 0. The highest BCUT2D eigenvalue weighted by Gasteiger charge is 2.47. The molecule has 0 saturated heterocycles. The normalized spacial score (nSPS) is 16.9. The third kappa shape index (κ3) is 12.3. The third-order valence-electron chi connectivity index (χ3n) is 11.4. The number of carbonyl (C=O) groups is 1. The zero-order chi connectivity index (χ0) is 35.6. The van der Waals surface area contributed by atoms with Crippen LogP contribution in [0.1, 0.15) is 101 Å². The first kappa shape index (κ1) is 43.2. The summed E-state index contributed by atoms with van der Waals surface area (Å²) in [5.74, 6) is -0.703. The van der Waals surface area contributed by atoms with Gasteiger partial charge in [-0.25, -0.2) is 0 Å². The molecule has 0 heterocycles. The molecule has 0 aliphatic heterocycles. The van der Waals surface area contributed by atoms with Crippen LogP contribution in [0.15, 0.2) is 30.3 Å². The molecule has 46 heavy (non-hydrogen) atoms. The largest absolute Gasteiger partial charge is 0.461 e. The highest BCUT2D eigenvalue weighted by Crippen LogP contribution is 2.41. The van der Waals surface area contributed by atoms with Crippen molar-refractivity contribution in [2.45, 2.75) is 174 Å². The molecule has 1 aromatic carbocycles. The average Bonchev–Trinajstić information content (AvgIpc) is 2.98. The van der Waals surface area contributed by atoms with E-state index in [1.165, 1.54) is 0 Å². The molecule has 0 aliphatic rings. The molecule has 0 radical (unpaired) electrons. The number of benzene rings is 1. The molecule has 4 atom stereocenters. The maximum atomic E-state index is 13.7. The second kappa shape index (κ2) is 17.7. The Hall–Kier alpha value is -0.819. The van der Waals surface area contributed by atoms with Crippen molar-refractivity contribution in [3.05, 3.63) is 35.9 Å². The predicted molar refractivity (Wildman–Crippen MR) is 202 cm³/mol. The lowest BCUT2D eigenvalue weighted by Gasteiger charge is -2.46. The maximum Gasteiger partial charge on any atom is 0.311 e. The van der Waals surface area contributed by atoms with Crippen LogP contribution in [0.5, 0.6) is 0 Å². The summed E-state index contributed by atoms with van der Waals surface area (Å²) < 4.78 is 33.3. The first-order valence-electron chi connectivity index (χ1n) is 17.8. The fourth-order valence-corrected chi connectivity index (χ4v) is 10.7. The fraction of sp³-hybridized carbons (Fsp3) is 0.811. The molecule has 6 nitrogen and oxygen atoms in total.